The number of rotatable bonds is 6. The Morgan fingerprint density at radius 3 is 2.72 bits per heavy atom. The number of hydrogen-bond donors (Lipinski definition) is 2. The van der Waals surface area contributed by atoms with E-state index in [1.165, 1.54) is 6.07 Å². The Labute approximate surface area is 167 Å². The molecular weight excluding hydrogens is 386 g/mol. The highest BCUT2D eigenvalue weighted by molar-refractivity contribution is 5.57. The van der Waals surface area contributed by atoms with Gasteiger partial charge in [-0.05, 0) is 43.9 Å². The molecule has 1 aromatic heterocycles. The zero-order valence-corrected chi connectivity index (χ0v) is 16.3. The van der Waals surface area contributed by atoms with Gasteiger partial charge in [-0.1, -0.05) is 13.3 Å². The maximum absolute atomic E-state index is 13.6. The lowest BCUT2D eigenvalue weighted by Gasteiger charge is -2.32. The summed E-state index contributed by atoms with van der Waals surface area (Å²) in [7, 11) is 0. The summed E-state index contributed by atoms with van der Waals surface area (Å²) in [6.45, 7) is 3.55. The molecule has 1 aliphatic heterocycles. The van der Waals surface area contributed by atoms with Crippen molar-refractivity contribution in [3.05, 3.63) is 41.3 Å². The van der Waals surface area contributed by atoms with E-state index in [4.69, 9.17) is 5.73 Å². The molecule has 0 aliphatic carbocycles. The first-order valence-electron chi connectivity index (χ1n) is 9.78. The number of piperidine rings is 1. The fourth-order valence-electron chi connectivity index (χ4n) is 3.35. The van der Waals surface area contributed by atoms with Gasteiger partial charge in [0.05, 0.1) is 5.56 Å². The Morgan fingerprint density at radius 1 is 1.24 bits per heavy atom. The second-order valence-electron chi connectivity index (χ2n) is 7.31. The predicted octanol–water partition coefficient (Wildman–Crippen LogP) is 4.65. The van der Waals surface area contributed by atoms with Crippen LogP contribution in [0.1, 0.15) is 43.9 Å². The fourth-order valence-corrected chi connectivity index (χ4v) is 3.35. The van der Waals surface area contributed by atoms with Crippen LogP contribution < -0.4 is 16.0 Å². The van der Waals surface area contributed by atoms with Crippen molar-refractivity contribution in [3.8, 4) is 0 Å². The van der Waals surface area contributed by atoms with Crippen LogP contribution in [-0.4, -0.2) is 29.1 Å². The van der Waals surface area contributed by atoms with Crippen LogP contribution in [0.4, 0.5) is 35.0 Å². The van der Waals surface area contributed by atoms with E-state index in [1.54, 1.807) is 0 Å². The first-order chi connectivity index (χ1) is 13.8. The Bertz CT molecular complexity index is 840. The van der Waals surface area contributed by atoms with Crippen LogP contribution in [0.2, 0.25) is 0 Å². The minimum absolute atomic E-state index is 0.0562. The van der Waals surface area contributed by atoms with Gasteiger partial charge in [0.25, 0.3) is 0 Å². The number of hydrogen-bond acceptors (Lipinski definition) is 5. The quantitative estimate of drug-likeness (QED) is 0.678. The molecule has 3 N–H and O–H groups in total. The Kier molecular flexibility index (Phi) is 6.56. The molecular formula is C20H25F4N5. The van der Waals surface area contributed by atoms with Gasteiger partial charge in [0, 0.05) is 36.6 Å². The number of nitrogens with two attached hydrogens (primary N) is 1. The zero-order chi connectivity index (χ0) is 21.0. The van der Waals surface area contributed by atoms with Crippen LogP contribution in [0.3, 0.4) is 0 Å². The first-order valence-corrected chi connectivity index (χ1v) is 9.78. The monoisotopic (exact) mass is 411 g/mol. The summed E-state index contributed by atoms with van der Waals surface area (Å²) in [5, 5.41) is 2.80. The summed E-state index contributed by atoms with van der Waals surface area (Å²) < 4.78 is 52.5. The van der Waals surface area contributed by atoms with Crippen molar-refractivity contribution in [1.82, 2.24) is 9.97 Å². The molecule has 2 aromatic rings. The summed E-state index contributed by atoms with van der Waals surface area (Å²) in [5.74, 6) is -0.432. The number of nitrogens with one attached hydrogen (secondary N) is 1. The molecule has 1 aliphatic rings. The van der Waals surface area contributed by atoms with Gasteiger partial charge < -0.3 is 16.0 Å². The SMILES string of the molecule is CCCCc1cc(N2CCC[C@@H](N)C2)nc(Nc2ccc(F)c(C(F)(F)F)c2)n1. The largest absolute Gasteiger partial charge is 0.419 e. The van der Waals surface area contributed by atoms with E-state index in [-0.39, 0.29) is 17.7 Å². The van der Waals surface area contributed by atoms with Crippen LogP contribution in [-0.2, 0) is 12.6 Å². The number of halogens is 4. The number of aryl methyl sites for hydroxylation is 1. The molecule has 0 bridgehead atoms. The van der Waals surface area contributed by atoms with Crippen LogP contribution in [0.25, 0.3) is 0 Å². The topological polar surface area (TPSA) is 67.1 Å². The molecule has 0 amide bonds. The van der Waals surface area contributed by atoms with Gasteiger partial charge in [0.15, 0.2) is 0 Å². The molecule has 158 valence electrons. The molecule has 9 heteroatoms. The molecule has 2 heterocycles. The fraction of sp³-hybridized carbons (Fsp3) is 0.500. The molecule has 0 spiro atoms. The van der Waals surface area contributed by atoms with Gasteiger partial charge in [-0.3, -0.25) is 0 Å². The number of alkyl halides is 3. The van der Waals surface area contributed by atoms with E-state index in [2.05, 4.69) is 27.1 Å². The Hall–Kier alpha value is -2.42. The molecule has 1 atom stereocenters. The highest BCUT2D eigenvalue weighted by Gasteiger charge is 2.34. The number of nitrogens with zero attached hydrogens (tertiary/aromatic N) is 3. The van der Waals surface area contributed by atoms with Crippen molar-refractivity contribution in [3.63, 3.8) is 0 Å². The Balaban J connectivity index is 1.90. The van der Waals surface area contributed by atoms with E-state index < -0.39 is 17.6 Å². The highest BCUT2D eigenvalue weighted by atomic mass is 19.4. The van der Waals surface area contributed by atoms with Gasteiger partial charge in [-0.2, -0.15) is 18.2 Å². The van der Waals surface area contributed by atoms with E-state index in [1.807, 2.05) is 6.07 Å². The molecule has 1 aromatic carbocycles. The third-order valence-corrected chi connectivity index (χ3v) is 4.86. The predicted molar refractivity (Wildman–Crippen MR) is 105 cm³/mol. The smallest absolute Gasteiger partial charge is 0.355 e. The van der Waals surface area contributed by atoms with E-state index in [0.29, 0.717) is 12.4 Å². The lowest BCUT2D eigenvalue weighted by Crippen LogP contribution is -2.43. The average Bonchev–Trinajstić information content (AvgIpc) is 2.67. The average molecular weight is 411 g/mol. The minimum atomic E-state index is -4.78. The van der Waals surface area contributed by atoms with Gasteiger partial charge >= 0.3 is 6.18 Å². The van der Waals surface area contributed by atoms with Gasteiger partial charge in [0.2, 0.25) is 5.95 Å². The molecule has 1 saturated heterocycles. The third-order valence-electron chi connectivity index (χ3n) is 4.86. The maximum atomic E-state index is 13.6. The van der Waals surface area contributed by atoms with Crippen molar-refractivity contribution in [1.29, 1.82) is 0 Å². The van der Waals surface area contributed by atoms with E-state index in [0.717, 1.165) is 56.5 Å². The lowest BCUT2D eigenvalue weighted by molar-refractivity contribution is -0.139. The number of benzene rings is 1. The van der Waals surface area contributed by atoms with Crippen molar-refractivity contribution >= 4 is 17.5 Å². The summed E-state index contributed by atoms with van der Waals surface area (Å²) in [5.41, 5.74) is 5.62. The number of aromatic nitrogens is 2. The van der Waals surface area contributed by atoms with Gasteiger partial charge in [-0.25, -0.2) is 9.37 Å². The van der Waals surface area contributed by atoms with Crippen molar-refractivity contribution in [2.24, 2.45) is 5.73 Å². The second-order valence-corrected chi connectivity index (χ2v) is 7.31. The highest BCUT2D eigenvalue weighted by Crippen LogP contribution is 2.33. The molecule has 1 fully saturated rings. The van der Waals surface area contributed by atoms with Crippen molar-refractivity contribution in [2.75, 3.05) is 23.3 Å². The van der Waals surface area contributed by atoms with Gasteiger partial charge in [0.1, 0.15) is 11.6 Å². The normalized spacial score (nSPS) is 17.4. The van der Waals surface area contributed by atoms with E-state index in [9.17, 15) is 17.6 Å². The number of unbranched alkanes of at least 4 members (excludes halogenated alkanes) is 1. The summed E-state index contributed by atoms with van der Waals surface area (Å²) in [6, 6.07) is 4.72. The molecule has 29 heavy (non-hydrogen) atoms. The summed E-state index contributed by atoms with van der Waals surface area (Å²) in [6.07, 6.45) is -0.220. The van der Waals surface area contributed by atoms with Crippen LogP contribution in [0, 0.1) is 5.82 Å². The molecule has 0 radical (unpaired) electrons. The number of anilines is 3. The van der Waals surface area contributed by atoms with Crippen LogP contribution in [0.5, 0.6) is 0 Å². The van der Waals surface area contributed by atoms with E-state index >= 15 is 0 Å². The zero-order valence-electron chi connectivity index (χ0n) is 16.3. The molecule has 3 rings (SSSR count). The van der Waals surface area contributed by atoms with Crippen molar-refractivity contribution in [2.45, 2.75) is 51.2 Å². The first kappa shape index (κ1) is 21.3. The Morgan fingerprint density at radius 2 is 2.03 bits per heavy atom. The minimum Gasteiger partial charge on any atom is -0.355 e. The standard InChI is InChI=1S/C20H25F4N5/c1-2-3-6-14-11-18(29-9-4-5-13(25)12-29)28-19(26-14)27-15-7-8-17(21)16(10-15)20(22,23)24/h7-8,10-11,13H,2-6,9,12,25H2,1H3,(H,26,27,28)/t13-/m1/s1. The lowest BCUT2D eigenvalue weighted by atomic mass is 10.1. The second kappa shape index (κ2) is 8.94. The molecule has 0 saturated carbocycles. The summed E-state index contributed by atoms with van der Waals surface area (Å²) >= 11 is 0. The van der Waals surface area contributed by atoms with Crippen molar-refractivity contribution < 1.29 is 17.6 Å². The summed E-state index contributed by atoms with van der Waals surface area (Å²) in [4.78, 5) is 11.0. The van der Waals surface area contributed by atoms with Crippen LogP contribution in [0.15, 0.2) is 24.3 Å². The molecule has 0 unspecified atom stereocenters. The van der Waals surface area contributed by atoms with Gasteiger partial charge in [-0.15, -0.1) is 0 Å². The maximum Gasteiger partial charge on any atom is 0.419 e. The van der Waals surface area contributed by atoms with Crippen LogP contribution >= 0.6 is 0 Å². The third kappa shape index (κ3) is 5.56. The molecule has 5 nitrogen and oxygen atoms in total.